The molecule has 3 aromatic rings. The van der Waals surface area contributed by atoms with E-state index in [0.717, 1.165) is 21.6 Å². The summed E-state index contributed by atoms with van der Waals surface area (Å²) in [5.41, 5.74) is 4.29. The van der Waals surface area contributed by atoms with Crippen molar-refractivity contribution in [2.75, 3.05) is 27.2 Å². The molecule has 0 spiro atoms. The lowest BCUT2D eigenvalue weighted by Gasteiger charge is -2.27. The van der Waals surface area contributed by atoms with Crippen molar-refractivity contribution < 1.29 is 19.6 Å². The minimum atomic E-state index is -0.726. The summed E-state index contributed by atoms with van der Waals surface area (Å²) in [6, 6.07) is 10.7. The molecule has 0 bridgehead atoms. The number of ketones is 1. The number of likely N-dealkylation sites (tertiary alicyclic amines) is 1. The lowest BCUT2D eigenvalue weighted by molar-refractivity contribution is -0.857. The van der Waals surface area contributed by atoms with Crippen LogP contribution in [0.3, 0.4) is 0 Å². The first-order valence-corrected chi connectivity index (χ1v) is 10.8. The first-order valence-electron chi connectivity index (χ1n) is 10.8. The van der Waals surface area contributed by atoms with Crippen molar-refractivity contribution in [1.29, 1.82) is 0 Å². The molecule has 1 atom stereocenters. The average molecular weight is 433 g/mol. The zero-order chi connectivity index (χ0) is 23.2. The maximum atomic E-state index is 13.8. The molecule has 0 saturated carbocycles. The number of amides is 1. The SMILES string of the molecule is Cc1ccc(C2/C(=C(\[O-])c3c(C)nc4c(C)cccn34)C(=O)C(=O)N2CC[NH+](C)C)cc1. The average Bonchev–Trinajstić information content (AvgIpc) is 3.21. The summed E-state index contributed by atoms with van der Waals surface area (Å²) in [6.45, 7) is 6.70. The van der Waals surface area contributed by atoms with E-state index < -0.39 is 23.5 Å². The first-order chi connectivity index (χ1) is 15.2. The Kier molecular flexibility index (Phi) is 5.60. The number of carbonyl (C=O) groups excluding carboxylic acids is 2. The van der Waals surface area contributed by atoms with E-state index in [9.17, 15) is 14.7 Å². The number of imidazole rings is 1. The molecule has 3 heterocycles. The standard InChI is InChI=1S/C25H28N4O3/c1-15-8-10-18(11-9-15)21-19(23(31)25(32)29(21)14-13-27(4)5)22(30)20-17(3)26-24-16(2)7-6-12-28(20)24/h6-12,21,30H,13-14H2,1-5H3/b22-19+. The quantitative estimate of drug-likeness (QED) is 0.364. The third-order valence-corrected chi connectivity index (χ3v) is 6.01. The van der Waals surface area contributed by atoms with Crippen LogP contribution in [-0.4, -0.2) is 53.2 Å². The summed E-state index contributed by atoms with van der Waals surface area (Å²) in [5, 5.41) is 13.8. The fourth-order valence-electron chi connectivity index (χ4n) is 4.26. The van der Waals surface area contributed by atoms with Crippen LogP contribution in [0.2, 0.25) is 0 Å². The van der Waals surface area contributed by atoms with Gasteiger partial charge in [-0.3, -0.25) is 9.59 Å². The zero-order valence-corrected chi connectivity index (χ0v) is 19.1. The van der Waals surface area contributed by atoms with Gasteiger partial charge in [0.05, 0.1) is 44.6 Å². The van der Waals surface area contributed by atoms with Crippen LogP contribution < -0.4 is 10.0 Å². The van der Waals surface area contributed by atoms with E-state index in [2.05, 4.69) is 4.98 Å². The smallest absolute Gasteiger partial charge is 0.295 e. The third kappa shape index (κ3) is 3.58. The van der Waals surface area contributed by atoms with Gasteiger partial charge in [0.15, 0.2) is 0 Å². The molecular weight excluding hydrogens is 404 g/mol. The molecule has 7 heteroatoms. The number of pyridine rings is 1. The number of aromatic nitrogens is 2. The number of quaternary nitrogens is 1. The molecule has 0 aliphatic carbocycles. The molecule has 166 valence electrons. The number of carbonyl (C=O) groups is 2. The maximum absolute atomic E-state index is 13.8. The molecule has 1 N–H and O–H groups in total. The summed E-state index contributed by atoms with van der Waals surface area (Å²) >= 11 is 0. The second-order valence-electron chi connectivity index (χ2n) is 8.77. The molecular formula is C25H28N4O3. The van der Waals surface area contributed by atoms with Crippen LogP contribution in [0, 0.1) is 20.8 Å². The Balaban J connectivity index is 1.94. The van der Waals surface area contributed by atoms with Crippen LogP contribution in [0.25, 0.3) is 11.4 Å². The van der Waals surface area contributed by atoms with Gasteiger partial charge in [-0.1, -0.05) is 41.7 Å². The van der Waals surface area contributed by atoms with Crippen LogP contribution in [0.1, 0.15) is 34.1 Å². The highest BCUT2D eigenvalue weighted by molar-refractivity contribution is 6.46. The van der Waals surface area contributed by atoms with E-state index in [0.29, 0.717) is 30.1 Å². The molecule has 2 aromatic heterocycles. The predicted octanol–water partition coefficient (Wildman–Crippen LogP) is 0.628. The third-order valence-electron chi connectivity index (χ3n) is 6.01. The Bertz CT molecular complexity index is 1240. The van der Waals surface area contributed by atoms with Gasteiger partial charge in [0.25, 0.3) is 5.91 Å². The van der Waals surface area contributed by atoms with Crippen molar-refractivity contribution in [3.8, 4) is 0 Å². The van der Waals surface area contributed by atoms with E-state index in [1.54, 1.807) is 17.5 Å². The highest BCUT2D eigenvalue weighted by atomic mass is 16.3. The Morgan fingerprint density at radius 1 is 1.09 bits per heavy atom. The highest BCUT2D eigenvalue weighted by Crippen LogP contribution is 2.39. The normalized spacial score (nSPS) is 18.3. The van der Waals surface area contributed by atoms with Gasteiger partial charge in [-0.2, -0.15) is 0 Å². The number of rotatable bonds is 5. The van der Waals surface area contributed by atoms with Crippen molar-refractivity contribution in [3.05, 3.63) is 76.2 Å². The van der Waals surface area contributed by atoms with Crippen molar-refractivity contribution in [3.63, 3.8) is 0 Å². The van der Waals surface area contributed by atoms with Crippen molar-refractivity contribution >= 4 is 23.1 Å². The molecule has 1 aromatic carbocycles. The minimum Gasteiger partial charge on any atom is -0.871 e. The Morgan fingerprint density at radius 2 is 1.78 bits per heavy atom. The Labute approximate surface area is 187 Å². The molecule has 1 fully saturated rings. The van der Waals surface area contributed by atoms with Crippen LogP contribution in [0.5, 0.6) is 0 Å². The number of nitrogens with one attached hydrogen (secondary N) is 1. The number of Topliss-reactive ketones (excluding diaryl/α,β-unsaturated/α-hetero) is 1. The highest BCUT2D eigenvalue weighted by Gasteiger charge is 2.44. The number of hydrogen-bond donors (Lipinski definition) is 1. The van der Waals surface area contributed by atoms with E-state index in [1.807, 2.05) is 64.3 Å². The van der Waals surface area contributed by atoms with Crippen LogP contribution >= 0.6 is 0 Å². The molecule has 1 aliphatic rings. The van der Waals surface area contributed by atoms with Crippen molar-refractivity contribution in [2.45, 2.75) is 26.8 Å². The molecule has 1 aliphatic heterocycles. The maximum Gasteiger partial charge on any atom is 0.295 e. The summed E-state index contributed by atoms with van der Waals surface area (Å²) in [6.07, 6.45) is 1.77. The van der Waals surface area contributed by atoms with Gasteiger partial charge < -0.3 is 19.3 Å². The van der Waals surface area contributed by atoms with Crippen LogP contribution in [0.15, 0.2) is 48.2 Å². The van der Waals surface area contributed by atoms with Gasteiger partial charge in [0.2, 0.25) is 5.78 Å². The molecule has 4 rings (SSSR count). The van der Waals surface area contributed by atoms with E-state index >= 15 is 0 Å². The molecule has 1 amide bonds. The summed E-state index contributed by atoms with van der Waals surface area (Å²) in [4.78, 5) is 33.4. The number of fused-ring (bicyclic) bond motifs is 1. The van der Waals surface area contributed by atoms with Gasteiger partial charge in [0.1, 0.15) is 5.65 Å². The second kappa shape index (κ2) is 8.24. The van der Waals surface area contributed by atoms with E-state index in [1.165, 1.54) is 4.90 Å². The Hall–Kier alpha value is -3.45. The monoisotopic (exact) mass is 432 g/mol. The predicted molar refractivity (Wildman–Crippen MR) is 120 cm³/mol. The number of nitrogens with zero attached hydrogens (tertiary/aromatic N) is 3. The molecule has 32 heavy (non-hydrogen) atoms. The topological polar surface area (TPSA) is 82.2 Å². The molecule has 1 saturated heterocycles. The van der Waals surface area contributed by atoms with Gasteiger partial charge in [-0.15, -0.1) is 0 Å². The number of likely N-dealkylation sites (N-methyl/N-ethyl adjacent to an activating group) is 1. The lowest BCUT2D eigenvalue weighted by atomic mass is 9.95. The minimum absolute atomic E-state index is 0.000912. The summed E-state index contributed by atoms with van der Waals surface area (Å²) < 4.78 is 1.72. The largest absolute Gasteiger partial charge is 0.871 e. The number of benzene rings is 1. The van der Waals surface area contributed by atoms with Crippen LogP contribution in [0.4, 0.5) is 0 Å². The van der Waals surface area contributed by atoms with Crippen molar-refractivity contribution in [1.82, 2.24) is 14.3 Å². The molecule has 1 unspecified atom stereocenters. The fraction of sp³-hybridized carbons (Fsp3) is 0.320. The molecule has 0 radical (unpaired) electrons. The van der Waals surface area contributed by atoms with E-state index in [4.69, 9.17) is 0 Å². The number of hydrogen-bond acceptors (Lipinski definition) is 4. The first kappa shape index (κ1) is 21.8. The van der Waals surface area contributed by atoms with Crippen molar-refractivity contribution in [2.24, 2.45) is 0 Å². The van der Waals surface area contributed by atoms with Gasteiger partial charge >= 0.3 is 0 Å². The van der Waals surface area contributed by atoms with Gasteiger partial charge in [-0.25, -0.2) is 4.98 Å². The summed E-state index contributed by atoms with van der Waals surface area (Å²) in [5.74, 6) is -1.79. The van der Waals surface area contributed by atoms with E-state index in [-0.39, 0.29) is 5.57 Å². The fourth-order valence-corrected chi connectivity index (χ4v) is 4.26. The summed E-state index contributed by atoms with van der Waals surface area (Å²) in [7, 11) is 3.98. The zero-order valence-electron chi connectivity index (χ0n) is 19.1. The lowest BCUT2D eigenvalue weighted by Crippen LogP contribution is -3.06. The molecule has 7 nitrogen and oxygen atoms in total. The number of aryl methyl sites for hydroxylation is 3. The van der Waals surface area contributed by atoms with Gasteiger partial charge in [0, 0.05) is 11.8 Å². The van der Waals surface area contributed by atoms with Gasteiger partial charge in [-0.05, 0) is 38.0 Å². The second-order valence-corrected chi connectivity index (χ2v) is 8.77. The van der Waals surface area contributed by atoms with Crippen LogP contribution in [-0.2, 0) is 9.59 Å². The Morgan fingerprint density at radius 3 is 2.44 bits per heavy atom.